The van der Waals surface area contributed by atoms with Gasteiger partial charge in [-0.2, -0.15) is 0 Å². The fourth-order valence-electron chi connectivity index (χ4n) is 0.995. The predicted octanol–water partition coefficient (Wildman–Crippen LogP) is 0.996. The molecule has 0 atom stereocenters. The second-order valence-electron chi connectivity index (χ2n) is 2.46. The fraction of sp³-hybridized carbons (Fsp3) is 0. The number of aromatic nitrogens is 2. The van der Waals surface area contributed by atoms with Crippen molar-refractivity contribution in [2.24, 2.45) is 0 Å². The Morgan fingerprint density at radius 3 is 2.85 bits per heavy atom. The Labute approximate surface area is 77.2 Å². The van der Waals surface area contributed by atoms with E-state index in [1.807, 2.05) is 5.38 Å². The van der Waals surface area contributed by atoms with E-state index in [1.165, 1.54) is 17.5 Å². The number of H-pyrrole nitrogens is 2. The number of hydrogen-bond donors (Lipinski definition) is 2. The third kappa shape index (κ3) is 1.46. The summed E-state index contributed by atoms with van der Waals surface area (Å²) in [6.45, 7) is 0. The van der Waals surface area contributed by atoms with Gasteiger partial charge >= 0.3 is 5.69 Å². The summed E-state index contributed by atoms with van der Waals surface area (Å²) in [5.41, 5.74) is -0.0626. The molecule has 4 nitrogen and oxygen atoms in total. The average Bonchev–Trinajstić information content (AvgIpc) is 2.72. The maximum absolute atomic E-state index is 11.5. The Morgan fingerprint density at radius 2 is 2.31 bits per heavy atom. The Balaban J connectivity index is 2.39. The minimum absolute atomic E-state index is 0.159. The van der Waals surface area contributed by atoms with Gasteiger partial charge in [0.15, 0.2) is 0 Å². The van der Waals surface area contributed by atoms with Crippen LogP contribution in [0.1, 0.15) is 15.4 Å². The van der Waals surface area contributed by atoms with E-state index in [9.17, 15) is 9.59 Å². The maximum Gasteiger partial charge on any atom is 0.323 e. The number of imidazole rings is 1. The van der Waals surface area contributed by atoms with Gasteiger partial charge in [0.05, 0.1) is 4.88 Å². The number of ketones is 1. The van der Waals surface area contributed by atoms with Crippen LogP contribution >= 0.6 is 11.3 Å². The van der Waals surface area contributed by atoms with Crippen LogP contribution < -0.4 is 5.69 Å². The average molecular weight is 194 g/mol. The summed E-state index contributed by atoms with van der Waals surface area (Å²) in [5.74, 6) is -0.159. The standard InChI is InChI=1S/C8H6N2O2S/c11-7(6-2-1-3-13-6)5-4-9-8(12)10-5/h1-4H,(H2,9,10,12). The minimum atomic E-state index is -0.361. The molecule has 5 heteroatoms. The molecule has 2 heterocycles. The molecule has 0 fully saturated rings. The number of carbonyl (C=O) groups excluding carboxylic acids is 1. The molecule has 13 heavy (non-hydrogen) atoms. The summed E-state index contributed by atoms with van der Waals surface area (Å²) < 4.78 is 0. The first-order valence-corrected chi connectivity index (χ1v) is 4.51. The van der Waals surface area contributed by atoms with E-state index in [0.29, 0.717) is 10.6 Å². The van der Waals surface area contributed by atoms with Crippen molar-refractivity contribution in [3.8, 4) is 0 Å². The highest BCUT2D eigenvalue weighted by Gasteiger charge is 2.10. The molecule has 0 spiro atoms. The Bertz CT molecular complexity index is 466. The van der Waals surface area contributed by atoms with Crippen LogP contribution in [0.4, 0.5) is 0 Å². The topological polar surface area (TPSA) is 65.7 Å². The molecule has 0 saturated carbocycles. The van der Waals surface area contributed by atoms with Gasteiger partial charge in [0.1, 0.15) is 5.69 Å². The first-order chi connectivity index (χ1) is 6.27. The normalized spacial score (nSPS) is 10.2. The molecule has 2 rings (SSSR count). The summed E-state index contributed by atoms with van der Waals surface area (Å²) in [5, 5.41) is 1.82. The zero-order chi connectivity index (χ0) is 9.26. The second-order valence-corrected chi connectivity index (χ2v) is 3.41. The predicted molar refractivity (Wildman–Crippen MR) is 49.2 cm³/mol. The van der Waals surface area contributed by atoms with Crippen molar-refractivity contribution in [1.82, 2.24) is 9.97 Å². The third-order valence-corrected chi connectivity index (χ3v) is 2.45. The Morgan fingerprint density at radius 1 is 1.46 bits per heavy atom. The van der Waals surface area contributed by atoms with E-state index in [-0.39, 0.29) is 11.5 Å². The van der Waals surface area contributed by atoms with Crippen molar-refractivity contribution >= 4 is 17.1 Å². The fourth-order valence-corrected chi connectivity index (χ4v) is 1.67. The van der Waals surface area contributed by atoms with E-state index in [1.54, 1.807) is 12.1 Å². The molecule has 0 aliphatic rings. The summed E-state index contributed by atoms with van der Waals surface area (Å²) >= 11 is 1.35. The largest absolute Gasteiger partial charge is 0.323 e. The molecule has 66 valence electrons. The highest BCUT2D eigenvalue weighted by Crippen LogP contribution is 2.12. The lowest BCUT2D eigenvalue weighted by Gasteiger charge is -1.89. The third-order valence-electron chi connectivity index (χ3n) is 1.59. The number of hydrogen-bond acceptors (Lipinski definition) is 3. The van der Waals surface area contributed by atoms with Crippen molar-refractivity contribution in [1.29, 1.82) is 0 Å². The van der Waals surface area contributed by atoms with Crippen LogP contribution in [-0.4, -0.2) is 15.8 Å². The van der Waals surface area contributed by atoms with Crippen LogP contribution in [0.5, 0.6) is 0 Å². The molecule has 0 unspecified atom stereocenters. The lowest BCUT2D eigenvalue weighted by molar-refractivity contribution is 0.103. The van der Waals surface area contributed by atoms with Crippen LogP contribution in [0.25, 0.3) is 0 Å². The van der Waals surface area contributed by atoms with E-state index in [4.69, 9.17) is 0 Å². The van der Waals surface area contributed by atoms with Gasteiger partial charge in [-0.25, -0.2) is 4.79 Å². The molecule has 0 radical (unpaired) electrons. The molecule has 0 saturated heterocycles. The maximum atomic E-state index is 11.5. The van der Waals surface area contributed by atoms with Gasteiger partial charge in [-0.05, 0) is 11.4 Å². The Kier molecular flexibility index (Phi) is 1.86. The monoisotopic (exact) mass is 194 g/mol. The van der Waals surface area contributed by atoms with Gasteiger partial charge in [0.2, 0.25) is 5.78 Å². The first kappa shape index (κ1) is 8.00. The van der Waals surface area contributed by atoms with Crippen LogP contribution in [0.3, 0.4) is 0 Å². The van der Waals surface area contributed by atoms with Crippen LogP contribution in [0, 0.1) is 0 Å². The number of thiophene rings is 1. The van der Waals surface area contributed by atoms with Crippen molar-refractivity contribution in [2.75, 3.05) is 0 Å². The number of carbonyl (C=O) groups is 1. The number of rotatable bonds is 2. The van der Waals surface area contributed by atoms with Gasteiger partial charge in [-0.3, -0.25) is 4.79 Å². The first-order valence-electron chi connectivity index (χ1n) is 3.63. The van der Waals surface area contributed by atoms with Crippen molar-refractivity contribution in [2.45, 2.75) is 0 Å². The quantitative estimate of drug-likeness (QED) is 0.700. The molecule has 0 bridgehead atoms. The summed E-state index contributed by atoms with van der Waals surface area (Å²) in [7, 11) is 0. The summed E-state index contributed by atoms with van der Waals surface area (Å²) in [4.78, 5) is 27.7. The van der Waals surface area contributed by atoms with E-state index in [0.717, 1.165) is 0 Å². The molecule has 0 aromatic carbocycles. The number of nitrogens with one attached hydrogen (secondary N) is 2. The zero-order valence-electron chi connectivity index (χ0n) is 6.53. The molecule has 2 aromatic rings. The zero-order valence-corrected chi connectivity index (χ0v) is 7.35. The molecule has 2 N–H and O–H groups in total. The number of aromatic amines is 2. The van der Waals surface area contributed by atoms with Gasteiger partial charge in [-0.1, -0.05) is 6.07 Å². The summed E-state index contributed by atoms with van der Waals surface area (Å²) in [6, 6.07) is 3.51. The minimum Gasteiger partial charge on any atom is -0.312 e. The molecular weight excluding hydrogens is 188 g/mol. The molecular formula is C8H6N2O2S. The van der Waals surface area contributed by atoms with Crippen molar-refractivity contribution in [3.63, 3.8) is 0 Å². The van der Waals surface area contributed by atoms with Gasteiger partial charge in [0, 0.05) is 6.20 Å². The lowest BCUT2D eigenvalue weighted by Crippen LogP contribution is -2.04. The molecule has 2 aromatic heterocycles. The smallest absolute Gasteiger partial charge is 0.312 e. The van der Waals surface area contributed by atoms with Gasteiger partial charge < -0.3 is 9.97 Å². The SMILES string of the molecule is O=C(c1c[nH]c(=O)[nH]1)c1cccs1. The van der Waals surface area contributed by atoms with Crippen molar-refractivity contribution in [3.05, 3.63) is 44.8 Å². The van der Waals surface area contributed by atoms with Crippen LogP contribution in [0.15, 0.2) is 28.5 Å². The molecule has 0 aliphatic heterocycles. The molecule has 0 amide bonds. The van der Waals surface area contributed by atoms with Gasteiger partial charge in [0.25, 0.3) is 0 Å². The molecule has 0 aliphatic carbocycles. The Hall–Kier alpha value is -1.62. The van der Waals surface area contributed by atoms with E-state index in [2.05, 4.69) is 9.97 Å². The highest BCUT2D eigenvalue weighted by atomic mass is 32.1. The van der Waals surface area contributed by atoms with E-state index >= 15 is 0 Å². The highest BCUT2D eigenvalue weighted by molar-refractivity contribution is 7.12. The van der Waals surface area contributed by atoms with Crippen LogP contribution in [-0.2, 0) is 0 Å². The van der Waals surface area contributed by atoms with Crippen molar-refractivity contribution < 1.29 is 4.79 Å². The summed E-state index contributed by atoms with van der Waals surface area (Å²) in [6.07, 6.45) is 1.38. The van der Waals surface area contributed by atoms with Gasteiger partial charge in [-0.15, -0.1) is 11.3 Å². The lowest BCUT2D eigenvalue weighted by atomic mass is 10.2. The van der Waals surface area contributed by atoms with Crippen LogP contribution in [0.2, 0.25) is 0 Å². The van der Waals surface area contributed by atoms with E-state index < -0.39 is 0 Å². The second kappa shape index (κ2) is 3.02.